The van der Waals surface area contributed by atoms with Crippen molar-refractivity contribution in [2.24, 2.45) is 0 Å². The summed E-state index contributed by atoms with van der Waals surface area (Å²) >= 11 is 3.01. The zero-order chi connectivity index (χ0) is 18.7. The Morgan fingerprint density at radius 3 is 2.81 bits per heavy atom. The Morgan fingerprint density at radius 2 is 2.08 bits per heavy atom. The third-order valence-electron chi connectivity index (χ3n) is 4.39. The fourth-order valence-electron chi connectivity index (χ4n) is 2.55. The van der Waals surface area contributed by atoms with E-state index >= 15 is 0 Å². The molecule has 0 saturated heterocycles. The SMILES string of the molecule is CC[C@@H](C)OC(=O)CSc1ncnc2scc(-c3ccc(C)c(C)c3)c12. The lowest BCUT2D eigenvalue weighted by Crippen LogP contribution is -2.15. The number of esters is 1. The first-order valence-electron chi connectivity index (χ1n) is 8.61. The zero-order valence-electron chi connectivity index (χ0n) is 15.4. The van der Waals surface area contributed by atoms with Crippen LogP contribution in [0.3, 0.4) is 0 Å². The second-order valence-electron chi connectivity index (χ2n) is 6.30. The van der Waals surface area contributed by atoms with Crippen molar-refractivity contribution in [1.82, 2.24) is 9.97 Å². The monoisotopic (exact) mass is 386 g/mol. The van der Waals surface area contributed by atoms with Gasteiger partial charge in [-0.1, -0.05) is 36.9 Å². The summed E-state index contributed by atoms with van der Waals surface area (Å²) in [7, 11) is 0. The van der Waals surface area contributed by atoms with E-state index in [0.717, 1.165) is 32.8 Å². The van der Waals surface area contributed by atoms with E-state index in [1.54, 1.807) is 17.7 Å². The average molecular weight is 387 g/mol. The summed E-state index contributed by atoms with van der Waals surface area (Å²) in [5.41, 5.74) is 4.79. The van der Waals surface area contributed by atoms with Crippen LogP contribution in [0.25, 0.3) is 21.3 Å². The van der Waals surface area contributed by atoms with Crippen LogP contribution in [-0.4, -0.2) is 27.8 Å². The van der Waals surface area contributed by atoms with Crippen molar-refractivity contribution in [2.75, 3.05) is 5.75 Å². The highest BCUT2D eigenvalue weighted by Crippen LogP contribution is 2.38. The minimum atomic E-state index is -0.209. The van der Waals surface area contributed by atoms with Gasteiger partial charge in [-0.3, -0.25) is 4.79 Å². The minimum Gasteiger partial charge on any atom is -0.462 e. The van der Waals surface area contributed by atoms with E-state index in [9.17, 15) is 4.79 Å². The van der Waals surface area contributed by atoms with Gasteiger partial charge in [0.1, 0.15) is 16.2 Å². The van der Waals surface area contributed by atoms with Crippen LogP contribution in [0.15, 0.2) is 34.9 Å². The third kappa shape index (κ3) is 4.07. The van der Waals surface area contributed by atoms with E-state index in [-0.39, 0.29) is 17.8 Å². The number of nitrogens with zero attached hydrogens (tertiary/aromatic N) is 2. The number of fused-ring (bicyclic) bond motifs is 1. The van der Waals surface area contributed by atoms with Gasteiger partial charge in [0.05, 0.1) is 17.2 Å². The van der Waals surface area contributed by atoms with Gasteiger partial charge in [-0.25, -0.2) is 9.97 Å². The van der Waals surface area contributed by atoms with Gasteiger partial charge in [0.15, 0.2) is 0 Å². The predicted molar refractivity (Wildman–Crippen MR) is 109 cm³/mol. The van der Waals surface area contributed by atoms with Crippen molar-refractivity contribution in [3.63, 3.8) is 0 Å². The van der Waals surface area contributed by atoms with Gasteiger partial charge >= 0.3 is 5.97 Å². The summed E-state index contributed by atoms with van der Waals surface area (Å²) in [6.07, 6.45) is 2.32. The van der Waals surface area contributed by atoms with Gasteiger partial charge in [-0.05, 0) is 43.9 Å². The van der Waals surface area contributed by atoms with Crippen LogP contribution in [0, 0.1) is 13.8 Å². The highest BCUT2D eigenvalue weighted by Gasteiger charge is 2.16. The maximum absolute atomic E-state index is 12.0. The molecule has 136 valence electrons. The quantitative estimate of drug-likeness (QED) is 0.322. The molecule has 2 heterocycles. The summed E-state index contributed by atoms with van der Waals surface area (Å²) in [5, 5.41) is 3.96. The molecule has 1 atom stereocenters. The number of hydrogen-bond donors (Lipinski definition) is 0. The Morgan fingerprint density at radius 1 is 1.27 bits per heavy atom. The van der Waals surface area contributed by atoms with Crippen molar-refractivity contribution in [3.05, 3.63) is 41.0 Å². The topological polar surface area (TPSA) is 52.1 Å². The Labute approximate surface area is 162 Å². The fourth-order valence-corrected chi connectivity index (χ4v) is 4.32. The standard InChI is InChI=1S/C20H22N2O2S2/c1-5-14(4)24-17(23)10-26-20-18-16(9-25-19(18)21-11-22-20)15-7-6-12(2)13(3)8-15/h6-9,11,14H,5,10H2,1-4H3/t14-/m1/s1. The van der Waals surface area contributed by atoms with E-state index in [4.69, 9.17) is 4.74 Å². The number of carbonyl (C=O) groups excluding carboxylic acids is 1. The summed E-state index contributed by atoms with van der Waals surface area (Å²) in [6.45, 7) is 8.13. The minimum absolute atomic E-state index is 0.0549. The smallest absolute Gasteiger partial charge is 0.316 e. The lowest BCUT2D eigenvalue weighted by Gasteiger charge is -2.11. The highest BCUT2D eigenvalue weighted by atomic mass is 32.2. The van der Waals surface area contributed by atoms with Crippen LogP contribution in [0.1, 0.15) is 31.4 Å². The van der Waals surface area contributed by atoms with Crippen LogP contribution in [-0.2, 0) is 9.53 Å². The Bertz CT molecular complexity index is 937. The highest BCUT2D eigenvalue weighted by molar-refractivity contribution is 8.00. The molecule has 0 spiro atoms. The first kappa shape index (κ1) is 18.9. The number of benzene rings is 1. The third-order valence-corrected chi connectivity index (χ3v) is 6.24. The van der Waals surface area contributed by atoms with Crippen molar-refractivity contribution in [3.8, 4) is 11.1 Å². The van der Waals surface area contributed by atoms with Crippen LogP contribution in [0.2, 0.25) is 0 Å². The van der Waals surface area contributed by atoms with Crippen LogP contribution in [0.4, 0.5) is 0 Å². The maximum atomic E-state index is 12.0. The molecule has 0 aliphatic rings. The van der Waals surface area contributed by atoms with Crippen LogP contribution in [0.5, 0.6) is 0 Å². The van der Waals surface area contributed by atoms with Crippen molar-refractivity contribution < 1.29 is 9.53 Å². The van der Waals surface area contributed by atoms with Crippen LogP contribution >= 0.6 is 23.1 Å². The molecule has 1 aromatic carbocycles. The number of thiophene rings is 1. The molecule has 0 radical (unpaired) electrons. The molecule has 0 unspecified atom stereocenters. The molecule has 0 aliphatic carbocycles. The Hall–Kier alpha value is -1.92. The number of thioether (sulfide) groups is 1. The molecule has 4 nitrogen and oxygen atoms in total. The number of hydrogen-bond acceptors (Lipinski definition) is 6. The molecule has 0 bridgehead atoms. The number of ether oxygens (including phenoxy) is 1. The molecule has 3 aromatic rings. The molecular weight excluding hydrogens is 364 g/mol. The average Bonchev–Trinajstić information content (AvgIpc) is 3.07. The van der Waals surface area contributed by atoms with Crippen LogP contribution < -0.4 is 0 Å². The molecule has 6 heteroatoms. The van der Waals surface area contributed by atoms with E-state index in [2.05, 4.69) is 47.4 Å². The summed E-state index contributed by atoms with van der Waals surface area (Å²) in [5.74, 6) is 0.0395. The van der Waals surface area contributed by atoms with Gasteiger partial charge in [0.25, 0.3) is 0 Å². The Balaban J connectivity index is 1.90. The molecule has 2 aromatic heterocycles. The second-order valence-corrected chi connectivity index (χ2v) is 8.13. The van der Waals surface area contributed by atoms with E-state index < -0.39 is 0 Å². The van der Waals surface area contributed by atoms with Gasteiger partial charge in [0, 0.05) is 10.9 Å². The first-order chi connectivity index (χ1) is 12.5. The fraction of sp³-hybridized carbons (Fsp3) is 0.350. The summed E-state index contributed by atoms with van der Waals surface area (Å²) in [4.78, 5) is 21.8. The lowest BCUT2D eigenvalue weighted by molar-refractivity contribution is -0.144. The molecule has 26 heavy (non-hydrogen) atoms. The summed E-state index contributed by atoms with van der Waals surface area (Å²) in [6, 6.07) is 6.45. The lowest BCUT2D eigenvalue weighted by atomic mass is 10.0. The van der Waals surface area contributed by atoms with E-state index in [0.29, 0.717) is 0 Å². The van der Waals surface area contributed by atoms with E-state index in [1.807, 2.05) is 13.8 Å². The normalized spacial score (nSPS) is 12.3. The van der Waals surface area contributed by atoms with Gasteiger partial charge in [-0.15, -0.1) is 11.3 Å². The molecule has 0 saturated carbocycles. The predicted octanol–water partition coefficient (Wildman–Crippen LogP) is 5.41. The number of aromatic nitrogens is 2. The second kappa shape index (κ2) is 8.18. The number of carbonyl (C=O) groups is 1. The molecule has 0 N–H and O–H groups in total. The Kier molecular flexibility index (Phi) is 5.94. The van der Waals surface area contributed by atoms with Gasteiger partial charge in [0.2, 0.25) is 0 Å². The van der Waals surface area contributed by atoms with E-state index in [1.165, 1.54) is 22.9 Å². The molecule has 3 rings (SSSR count). The molecule has 0 aliphatic heterocycles. The van der Waals surface area contributed by atoms with Gasteiger partial charge < -0.3 is 4.74 Å². The van der Waals surface area contributed by atoms with Gasteiger partial charge in [-0.2, -0.15) is 0 Å². The van der Waals surface area contributed by atoms with Crippen molar-refractivity contribution >= 4 is 39.3 Å². The van der Waals surface area contributed by atoms with Crippen molar-refractivity contribution in [1.29, 1.82) is 0 Å². The molecule has 0 amide bonds. The number of rotatable bonds is 6. The summed E-state index contributed by atoms with van der Waals surface area (Å²) < 4.78 is 5.36. The largest absolute Gasteiger partial charge is 0.462 e. The number of aryl methyl sites for hydroxylation is 2. The first-order valence-corrected chi connectivity index (χ1v) is 10.5. The molecule has 0 fully saturated rings. The van der Waals surface area contributed by atoms with Crippen molar-refractivity contribution in [2.45, 2.75) is 45.2 Å². The zero-order valence-corrected chi connectivity index (χ0v) is 17.0. The maximum Gasteiger partial charge on any atom is 0.316 e. The molecular formula is C20H22N2O2S2.